The second-order valence-corrected chi connectivity index (χ2v) is 5.08. The molecule has 1 aliphatic heterocycles. The van der Waals surface area contributed by atoms with Crippen LogP contribution in [-0.4, -0.2) is 42.3 Å². The lowest BCUT2D eigenvalue weighted by molar-refractivity contribution is 0.368. The van der Waals surface area contributed by atoms with Gasteiger partial charge in [0.15, 0.2) is 0 Å². The third kappa shape index (κ3) is 3.15. The Morgan fingerprint density at radius 1 is 1.37 bits per heavy atom. The van der Waals surface area contributed by atoms with Gasteiger partial charge in [0.05, 0.1) is 7.11 Å². The molecule has 0 spiro atoms. The fourth-order valence-corrected chi connectivity index (χ4v) is 2.50. The molecule has 2 rings (SSSR count). The second-order valence-electron chi connectivity index (χ2n) is 5.08. The number of nitrogens with one attached hydrogen (secondary N) is 1. The maximum atomic E-state index is 5.26. The number of methoxy groups -OCH3 is 1. The Labute approximate surface area is 115 Å². The molecule has 1 aromatic rings. The summed E-state index contributed by atoms with van der Waals surface area (Å²) in [7, 11) is 1.65. The van der Waals surface area contributed by atoms with Gasteiger partial charge in [-0.15, -0.1) is 0 Å². The summed E-state index contributed by atoms with van der Waals surface area (Å²) in [5.74, 6) is 1.44. The highest BCUT2D eigenvalue weighted by Gasteiger charge is 2.28. The van der Waals surface area contributed by atoms with Gasteiger partial charge >= 0.3 is 0 Å². The van der Waals surface area contributed by atoms with Crippen molar-refractivity contribution in [1.82, 2.24) is 15.3 Å². The van der Waals surface area contributed by atoms with Crippen molar-refractivity contribution >= 4 is 5.95 Å². The molecule has 1 saturated heterocycles. The lowest BCUT2D eigenvalue weighted by Gasteiger charge is -2.40. The molecule has 2 heterocycles. The average molecular weight is 264 g/mol. The molecule has 0 bridgehead atoms. The molecule has 106 valence electrons. The molecule has 1 aliphatic rings. The minimum absolute atomic E-state index is 0.453. The summed E-state index contributed by atoms with van der Waals surface area (Å²) in [6.45, 7) is 8.35. The summed E-state index contributed by atoms with van der Waals surface area (Å²) in [5, 5.41) is 3.58. The first-order chi connectivity index (χ1) is 9.17. The first-order valence-electron chi connectivity index (χ1n) is 7.07. The maximum Gasteiger partial charge on any atom is 0.229 e. The predicted octanol–water partition coefficient (Wildman–Crippen LogP) is 1.76. The Bertz CT molecular complexity index is 424. The van der Waals surface area contributed by atoms with Crippen LogP contribution in [0.25, 0.3) is 0 Å². The van der Waals surface area contributed by atoms with E-state index in [-0.39, 0.29) is 0 Å². The highest BCUT2D eigenvalue weighted by Crippen LogP contribution is 2.21. The number of hydrogen-bond donors (Lipinski definition) is 1. The highest BCUT2D eigenvalue weighted by molar-refractivity contribution is 5.37. The third-order valence-corrected chi connectivity index (χ3v) is 3.75. The maximum absolute atomic E-state index is 5.26. The summed E-state index contributed by atoms with van der Waals surface area (Å²) in [6, 6.07) is 2.83. The van der Waals surface area contributed by atoms with Crippen LogP contribution in [0.2, 0.25) is 0 Å². The van der Waals surface area contributed by atoms with Gasteiger partial charge in [-0.1, -0.05) is 13.8 Å². The van der Waals surface area contributed by atoms with Crippen molar-refractivity contribution in [2.24, 2.45) is 0 Å². The third-order valence-electron chi connectivity index (χ3n) is 3.75. The van der Waals surface area contributed by atoms with Gasteiger partial charge in [0.1, 0.15) is 0 Å². The molecule has 0 radical (unpaired) electrons. The Morgan fingerprint density at radius 3 is 2.79 bits per heavy atom. The van der Waals surface area contributed by atoms with Gasteiger partial charge in [0.25, 0.3) is 0 Å². The van der Waals surface area contributed by atoms with E-state index in [1.807, 2.05) is 13.0 Å². The molecule has 0 aliphatic carbocycles. The van der Waals surface area contributed by atoms with Crippen molar-refractivity contribution in [2.75, 3.05) is 25.1 Å². The molecule has 1 aromatic heterocycles. The fourth-order valence-electron chi connectivity index (χ4n) is 2.50. The van der Waals surface area contributed by atoms with E-state index in [2.05, 4.69) is 34.0 Å². The number of anilines is 1. The van der Waals surface area contributed by atoms with Crippen LogP contribution in [0.1, 0.15) is 32.4 Å². The first kappa shape index (κ1) is 14.1. The average Bonchev–Trinajstić information content (AvgIpc) is 2.45. The summed E-state index contributed by atoms with van der Waals surface area (Å²) in [6.07, 6.45) is 2.21. The highest BCUT2D eigenvalue weighted by atomic mass is 16.5. The molecule has 2 unspecified atom stereocenters. The Balaban J connectivity index is 2.27. The van der Waals surface area contributed by atoms with Gasteiger partial charge in [-0.3, -0.25) is 0 Å². The van der Waals surface area contributed by atoms with Gasteiger partial charge in [-0.2, -0.15) is 4.98 Å². The molecule has 2 atom stereocenters. The number of aryl methyl sites for hydroxylation is 1. The topological polar surface area (TPSA) is 50.3 Å². The number of nitrogens with zero attached hydrogens (tertiary/aromatic N) is 3. The van der Waals surface area contributed by atoms with E-state index in [0.29, 0.717) is 18.0 Å². The minimum atomic E-state index is 0.453. The van der Waals surface area contributed by atoms with Gasteiger partial charge < -0.3 is 15.0 Å². The van der Waals surface area contributed by atoms with Crippen LogP contribution < -0.4 is 15.0 Å². The molecular formula is C14H24N4O. The first-order valence-corrected chi connectivity index (χ1v) is 7.07. The summed E-state index contributed by atoms with van der Waals surface area (Å²) in [4.78, 5) is 11.4. The zero-order chi connectivity index (χ0) is 13.8. The quantitative estimate of drug-likeness (QED) is 0.898. The van der Waals surface area contributed by atoms with Gasteiger partial charge in [0, 0.05) is 36.9 Å². The normalized spacial score (nSPS) is 23.5. The molecule has 5 heteroatoms. The van der Waals surface area contributed by atoms with Crippen molar-refractivity contribution in [2.45, 2.75) is 45.7 Å². The second kappa shape index (κ2) is 6.19. The van der Waals surface area contributed by atoms with Crippen molar-refractivity contribution in [3.63, 3.8) is 0 Å². The monoisotopic (exact) mass is 264 g/mol. The summed E-state index contributed by atoms with van der Waals surface area (Å²) < 4.78 is 5.26. The predicted molar refractivity (Wildman–Crippen MR) is 76.8 cm³/mol. The Morgan fingerprint density at radius 2 is 2.16 bits per heavy atom. The van der Waals surface area contributed by atoms with E-state index < -0.39 is 0 Å². The van der Waals surface area contributed by atoms with Gasteiger partial charge in [-0.05, 0) is 19.8 Å². The van der Waals surface area contributed by atoms with Crippen LogP contribution >= 0.6 is 0 Å². The molecule has 1 N–H and O–H groups in total. The van der Waals surface area contributed by atoms with Crippen molar-refractivity contribution < 1.29 is 4.74 Å². The van der Waals surface area contributed by atoms with Crippen LogP contribution in [0.3, 0.4) is 0 Å². The van der Waals surface area contributed by atoms with Crippen molar-refractivity contribution in [3.05, 3.63) is 11.8 Å². The molecule has 0 amide bonds. The number of hydrogen-bond acceptors (Lipinski definition) is 5. The molecule has 0 saturated carbocycles. The Hall–Kier alpha value is -1.36. The molecule has 5 nitrogen and oxygen atoms in total. The lowest BCUT2D eigenvalue weighted by Crippen LogP contribution is -2.56. The number of rotatable bonds is 4. The van der Waals surface area contributed by atoms with E-state index in [4.69, 9.17) is 4.74 Å². The van der Waals surface area contributed by atoms with Crippen LogP contribution in [0.15, 0.2) is 6.07 Å². The van der Waals surface area contributed by atoms with Crippen LogP contribution in [-0.2, 0) is 0 Å². The minimum Gasteiger partial charge on any atom is -0.481 e. The fraction of sp³-hybridized carbons (Fsp3) is 0.714. The Kier molecular flexibility index (Phi) is 4.58. The molecule has 19 heavy (non-hydrogen) atoms. The van der Waals surface area contributed by atoms with Gasteiger partial charge in [-0.25, -0.2) is 4.98 Å². The SMILES string of the molecule is CCC1CN(c2nc(C)cc(OC)n2)C(CC)CN1. The number of ether oxygens (including phenoxy) is 1. The van der Waals surface area contributed by atoms with E-state index in [1.54, 1.807) is 7.11 Å². The number of aromatic nitrogens is 2. The molecule has 0 aromatic carbocycles. The van der Waals surface area contributed by atoms with Crippen LogP contribution in [0.5, 0.6) is 5.88 Å². The molecule has 1 fully saturated rings. The van der Waals surface area contributed by atoms with Crippen LogP contribution in [0.4, 0.5) is 5.95 Å². The van der Waals surface area contributed by atoms with E-state index >= 15 is 0 Å². The lowest BCUT2D eigenvalue weighted by atomic mass is 10.1. The number of piperazine rings is 1. The van der Waals surface area contributed by atoms with Crippen LogP contribution in [0, 0.1) is 6.92 Å². The van der Waals surface area contributed by atoms with Gasteiger partial charge in [0.2, 0.25) is 11.8 Å². The van der Waals surface area contributed by atoms with E-state index in [9.17, 15) is 0 Å². The van der Waals surface area contributed by atoms with Crippen molar-refractivity contribution in [3.8, 4) is 5.88 Å². The zero-order valence-electron chi connectivity index (χ0n) is 12.3. The van der Waals surface area contributed by atoms with Crippen molar-refractivity contribution in [1.29, 1.82) is 0 Å². The van der Waals surface area contributed by atoms with E-state index in [0.717, 1.165) is 37.6 Å². The molecular weight excluding hydrogens is 240 g/mol. The van der Waals surface area contributed by atoms with E-state index in [1.165, 1.54) is 0 Å². The summed E-state index contributed by atoms with van der Waals surface area (Å²) in [5.41, 5.74) is 0.947. The smallest absolute Gasteiger partial charge is 0.229 e. The standard InChI is InChI=1S/C14H24N4O/c1-5-11-9-18(12(6-2)8-15-11)14-16-10(3)7-13(17-14)19-4/h7,11-12,15H,5-6,8-9H2,1-4H3. The largest absolute Gasteiger partial charge is 0.481 e. The zero-order valence-corrected chi connectivity index (χ0v) is 12.3. The summed E-state index contributed by atoms with van der Waals surface area (Å²) >= 11 is 0.